The van der Waals surface area contributed by atoms with E-state index in [2.05, 4.69) is 51.5 Å². The molecule has 2 aromatic heterocycles. The molecular weight excluding hydrogens is 584 g/mol. The maximum atomic E-state index is 12.9. The number of likely N-dealkylation sites (tertiary alicyclic amines) is 1. The van der Waals surface area contributed by atoms with Crippen LogP contribution >= 0.6 is 11.6 Å². The number of halogens is 1. The van der Waals surface area contributed by atoms with E-state index in [0.29, 0.717) is 5.69 Å². The van der Waals surface area contributed by atoms with Crippen molar-refractivity contribution in [2.45, 2.75) is 85.1 Å². The Hall–Kier alpha value is -2.52. The number of nitrogens with one attached hydrogen (secondary N) is 1. The SMILES string of the molecule is C=C(C)/C(Cl)=C\C.CCC.O=C(NC1CCN(CCN2CCCOCC2)CC1)c1ccc2nc(N3CCCCCC3)ccc2n1. The van der Waals surface area contributed by atoms with Gasteiger partial charge < -0.3 is 19.9 Å². The van der Waals surface area contributed by atoms with E-state index in [4.69, 9.17) is 21.3 Å². The first-order chi connectivity index (χ1) is 21.8. The fraction of sp³-hybridized carbons (Fsp3) is 0.639. The van der Waals surface area contributed by atoms with Gasteiger partial charge in [0.25, 0.3) is 5.91 Å². The lowest BCUT2D eigenvalue weighted by Gasteiger charge is -2.33. The van der Waals surface area contributed by atoms with Crippen molar-refractivity contribution in [2.24, 2.45) is 0 Å². The zero-order valence-electron chi connectivity index (χ0n) is 28.3. The number of hydrogen-bond donors (Lipinski definition) is 1. The highest BCUT2D eigenvalue weighted by Crippen LogP contribution is 2.21. The lowest BCUT2D eigenvalue weighted by Crippen LogP contribution is -2.46. The minimum absolute atomic E-state index is 0.0773. The summed E-state index contributed by atoms with van der Waals surface area (Å²) in [6.45, 7) is 22.0. The molecule has 5 heterocycles. The zero-order chi connectivity index (χ0) is 32.4. The van der Waals surface area contributed by atoms with Gasteiger partial charge in [0.05, 0.1) is 17.6 Å². The van der Waals surface area contributed by atoms with Crippen molar-refractivity contribution < 1.29 is 9.53 Å². The molecule has 1 amide bonds. The smallest absolute Gasteiger partial charge is 0.270 e. The summed E-state index contributed by atoms with van der Waals surface area (Å²) >= 11 is 5.56. The molecule has 0 spiro atoms. The Morgan fingerprint density at radius 1 is 0.911 bits per heavy atom. The van der Waals surface area contributed by atoms with Gasteiger partial charge in [0.2, 0.25) is 0 Å². The first-order valence-electron chi connectivity index (χ1n) is 17.2. The number of ether oxygens (including phenoxy) is 1. The highest BCUT2D eigenvalue weighted by Gasteiger charge is 2.22. The van der Waals surface area contributed by atoms with E-state index in [1.54, 1.807) is 0 Å². The molecule has 0 unspecified atom stereocenters. The number of fused-ring (bicyclic) bond motifs is 1. The monoisotopic (exact) mass is 640 g/mol. The average Bonchev–Trinajstić information content (AvgIpc) is 3.50. The molecule has 3 saturated heterocycles. The van der Waals surface area contributed by atoms with Crippen molar-refractivity contribution in [3.63, 3.8) is 0 Å². The largest absolute Gasteiger partial charge is 0.380 e. The minimum atomic E-state index is -0.0773. The Bertz CT molecular complexity index is 1200. The van der Waals surface area contributed by atoms with Gasteiger partial charge >= 0.3 is 0 Å². The van der Waals surface area contributed by atoms with Gasteiger partial charge in [-0.3, -0.25) is 9.69 Å². The van der Waals surface area contributed by atoms with Crippen molar-refractivity contribution in [1.29, 1.82) is 0 Å². The van der Waals surface area contributed by atoms with E-state index in [0.717, 1.165) is 112 Å². The van der Waals surface area contributed by atoms with Gasteiger partial charge in [-0.2, -0.15) is 0 Å². The second-order valence-electron chi connectivity index (χ2n) is 12.3. The number of carbonyl (C=O) groups is 1. The van der Waals surface area contributed by atoms with Crippen LogP contribution in [0.15, 0.2) is 47.5 Å². The number of nitrogens with zero attached hydrogens (tertiary/aromatic N) is 5. The van der Waals surface area contributed by atoms with Crippen molar-refractivity contribution in [3.8, 4) is 0 Å². The molecule has 0 saturated carbocycles. The predicted molar refractivity (Wildman–Crippen MR) is 189 cm³/mol. The van der Waals surface area contributed by atoms with E-state index in [1.807, 2.05) is 38.1 Å². The molecule has 3 fully saturated rings. The number of allylic oxidation sites excluding steroid dienone is 3. The third-order valence-corrected chi connectivity index (χ3v) is 8.86. The third-order valence-electron chi connectivity index (χ3n) is 8.32. The highest BCUT2D eigenvalue weighted by atomic mass is 35.5. The number of carbonyl (C=O) groups excluding carboxylic acids is 1. The molecule has 0 aliphatic carbocycles. The Morgan fingerprint density at radius 2 is 1.53 bits per heavy atom. The van der Waals surface area contributed by atoms with E-state index in [9.17, 15) is 4.79 Å². The van der Waals surface area contributed by atoms with Gasteiger partial charge in [-0.25, -0.2) is 9.97 Å². The number of piperidine rings is 1. The van der Waals surface area contributed by atoms with Gasteiger partial charge in [0, 0.05) is 70.0 Å². The average molecular weight is 641 g/mol. The van der Waals surface area contributed by atoms with Crippen LogP contribution in [-0.2, 0) is 4.74 Å². The summed E-state index contributed by atoms with van der Waals surface area (Å²) in [5.41, 5.74) is 3.04. The number of anilines is 1. The van der Waals surface area contributed by atoms with Gasteiger partial charge in [-0.15, -0.1) is 0 Å². The maximum absolute atomic E-state index is 12.9. The second kappa shape index (κ2) is 20.6. The first-order valence-corrected chi connectivity index (χ1v) is 17.6. The maximum Gasteiger partial charge on any atom is 0.270 e. The van der Waals surface area contributed by atoms with Crippen LogP contribution in [0.3, 0.4) is 0 Å². The topological polar surface area (TPSA) is 73.8 Å². The summed E-state index contributed by atoms with van der Waals surface area (Å²) in [4.78, 5) is 29.8. The van der Waals surface area contributed by atoms with Crippen LogP contribution in [0.1, 0.15) is 89.5 Å². The summed E-state index contributed by atoms with van der Waals surface area (Å²) in [7, 11) is 0. The first kappa shape index (κ1) is 36.9. The molecule has 2 aromatic rings. The van der Waals surface area contributed by atoms with Crippen molar-refractivity contribution in [1.82, 2.24) is 25.1 Å². The Morgan fingerprint density at radius 3 is 2.16 bits per heavy atom. The van der Waals surface area contributed by atoms with Crippen LogP contribution in [0.4, 0.5) is 5.82 Å². The van der Waals surface area contributed by atoms with Gasteiger partial charge in [0.15, 0.2) is 0 Å². The Kier molecular flexibility index (Phi) is 16.9. The van der Waals surface area contributed by atoms with Crippen LogP contribution in [-0.4, -0.2) is 97.3 Å². The molecule has 1 N–H and O–H groups in total. The number of hydrogen-bond acceptors (Lipinski definition) is 7. The molecule has 0 radical (unpaired) electrons. The van der Waals surface area contributed by atoms with Gasteiger partial charge in [0.1, 0.15) is 11.5 Å². The van der Waals surface area contributed by atoms with E-state index >= 15 is 0 Å². The fourth-order valence-corrected chi connectivity index (χ4v) is 5.71. The molecule has 3 aliphatic rings. The van der Waals surface area contributed by atoms with Gasteiger partial charge in [-0.05, 0) is 75.8 Å². The number of aromatic nitrogens is 2. The van der Waals surface area contributed by atoms with Gasteiger partial charge in [-0.1, -0.05) is 57.4 Å². The molecule has 0 aromatic carbocycles. The molecular formula is C36H57ClN6O2. The third kappa shape index (κ3) is 13.0. The highest BCUT2D eigenvalue weighted by molar-refractivity contribution is 6.31. The Balaban J connectivity index is 0.000000482. The fourth-order valence-electron chi connectivity index (χ4n) is 5.71. The predicted octanol–water partition coefficient (Wildman–Crippen LogP) is 7.05. The summed E-state index contributed by atoms with van der Waals surface area (Å²) < 4.78 is 5.56. The lowest BCUT2D eigenvalue weighted by molar-refractivity contribution is 0.0901. The standard InChI is InChI=1S/C27H40N6O2.C6H9Cl.C3H8/c34-27(28-22-10-15-32(16-11-22)18-17-31-12-5-20-35-21-19-31)25-7-6-24-23(29-25)8-9-26(30-24)33-13-3-1-2-4-14-33;1-4-6(7)5(2)3;1-3-2/h6-9,22H,1-5,10-21H2,(H,28,34);4H,2H2,1,3H3;3H2,1-2H3/b;6-4+;. The minimum Gasteiger partial charge on any atom is -0.380 e. The summed E-state index contributed by atoms with van der Waals surface area (Å²) in [6, 6.07) is 8.03. The molecule has 5 rings (SSSR count). The van der Waals surface area contributed by atoms with E-state index in [1.165, 1.54) is 32.1 Å². The quantitative estimate of drug-likeness (QED) is 0.325. The molecule has 9 heteroatoms. The molecule has 0 atom stereocenters. The molecule has 250 valence electrons. The number of pyridine rings is 2. The van der Waals surface area contributed by atoms with Crippen LogP contribution < -0.4 is 10.2 Å². The van der Waals surface area contributed by atoms with Crippen molar-refractivity contribution in [2.75, 3.05) is 70.5 Å². The van der Waals surface area contributed by atoms with Crippen LogP contribution in [0.2, 0.25) is 0 Å². The normalized spacial score (nSPS) is 19.0. The van der Waals surface area contributed by atoms with Crippen molar-refractivity contribution in [3.05, 3.63) is 53.2 Å². The number of amides is 1. The van der Waals surface area contributed by atoms with Crippen LogP contribution in [0.25, 0.3) is 11.0 Å². The lowest BCUT2D eigenvalue weighted by atomic mass is 10.0. The second-order valence-corrected chi connectivity index (χ2v) is 12.7. The van der Waals surface area contributed by atoms with E-state index in [-0.39, 0.29) is 11.9 Å². The Labute approximate surface area is 277 Å². The van der Waals surface area contributed by atoms with Crippen molar-refractivity contribution >= 4 is 34.4 Å². The zero-order valence-corrected chi connectivity index (χ0v) is 29.1. The number of rotatable bonds is 7. The summed E-state index contributed by atoms with van der Waals surface area (Å²) in [5, 5.41) is 3.97. The van der Waals surface area contributed by atoms with Crippen LogP contribution in [0.5, 0.6) is 0 Å². The molecule has 3 aliphatic heterocycles. The summed E-state index contributed by atoms with van der Waals surface area (Å²) in [5.74, 6) is 0.945. The summed E-state index contributed by atoms with van der Waals surface area (Å²) in [6.07, 6.45) is 11.2. The van der Waals surface area contributed by atoms with Crippen LogP contribution in [0, 0.1) is 0 Å². The molecule has 45 heavy (non-hydrogen) atoms. The molecule has 0 bridgehead atoms. The van der Waals surface area contributed by atoms with E-state index < -0.39 is 0 Å². The molecule has 8 nitrogen and oxygen atoms in total.